The maximum absolute atomic E-state index is 12.4. The lowest BCUT2D eigenvalue weighted by atomic mass is 10.2. The molecular formula is C17H14N4O4S. The highest BCUT2D eigenvalue weighted by atomic mass is 32.2. The number of hydrogen-bond donors (Lipinski definition) is 2. The van der Waals surface area contributed by atoms with Crippen LogP contribution in [0.1, 0.15) is 11.1 Å². The maximum atomic E-state index is 12.4. The second kappa shape index (κ2) is 6.85. The number of nitrogens with zero attached hydrogens (tertiary/aromatic N) is 2. The Morgan fingerprint density at radius 3 is 2.27 bits per heavy atom. The van der Waals surface area contributed by atoms with Crippen LogP contribution in [-0.4, -0.2) is 31.8 Å². The van der Waals surface area contributed by atoms with Gasteiger partial charge in [0.1, 0.15) is 0 Å². The predicted molar refractivity (Wildman–Crippen MR) is 92.4 cm³/mol. The van der Waals surface area contributed by atoms with Crippen molar-refractivity contribution in [3.05, 3.63) is 59.7 Å². The van der Waals surface area contributed by atoms with Crippen LogP contribution >= 0.6 is 0 Å². The molecule has 2 N–H and O–H groups in total. The van der Waals surface area contributed by atoms with Crippen LogP contribution in [0.2, 0.25) is 0 Å². The van der Waals surface area contributed by atoms with E-state index in [1.807, 2.05) is 6.07 Å². The van der Waals surface area contributed by atoms with Gasteiger partial charge in [-0.2, -0.15) is 5.26 Å². The number of sulfonamides is 1. The summed E-state index contributed by atoms with van der Waals surface area (Å²) in [7, 11) is -3.78. The summed E-state index contributed by atoms with van der Waals surface area (Å²) in [5.41, 5.74) is 1.40. The molecule has 8 nitrogen and oxygen atoms in total. The first-order chi connectivity index (χ1) is 12.4. The molecular weight excluding hydrogens is 356 g/mol. The minimum Gasteiger partial charge on any atom is -0.329 e. The first-order valence-corrected chi connectivity index (χ1v) is 9.07. The van der Waals surface area contributed by atoms with E-state index >= 15 is 0 Å². The Bertz CT molecular complexity index is 977. The third-order valence-corrected chi connectivity index (χ3v) is 5.17. The van der Waals surface area contributed by atoms with Gasteiger partial charge in [-0.15, -0.1) is 0 Å². The van der Waals surface area contributed by atoms with Crippen molar-refractivity contribution in [3.8, 4) is 6.07 Å². The molecule has 2 aromatic rings. The number of amides is 3. The topological polar surface area (TPSA) is 119 Å². The highest BCUT2D eigenvalue weighted by Gasteiger charge is 2.28. The van der Waals surface area contributed by atoms with Gasteiger partial charge in [0.15, 0.2) is 0 Å². The Hall–Kier alpha value is -3.38. The van der Waals surface area contributed by atoms with Gasteiger partial charge in [0.05, 0.1) is 29.6 Å². The van der Waals surface area contributed by atoms with Crippen LogP contribution < -0.4 is 10.0 Å². The molecule has 132 valence electrons. The molecule has 1 heterocycles. The van der Waals surface area contributed by atoms with Crippen LogP contribution in [0.25, 0.3) is 0 Å². The van der Waals surface area contributed by atoms with Crippen molar-refractivity contribution in [2.75, 3.05) is 11.3 Å². The molecule has 0 bridgehead atoms. The molecule has 1 fully saturated rings. The summed E-state index contributed by atoms with van der Waals surface area (Å²) < 4.78 is 27.1. The summed E-state index contributed by atoms with van der Waals surface area (Å²) in [6.07, 6.45) is 0. The van der Waals surface area contributed by atoms with Gasteiger partial charge >= 0.3 is 6.03 Å². The second-order valence-corrected chi connectivity index (χ2v) is 7.26. The molecule has 0 saturated carbocycles. The van der Waals surface area contributed by atoms with E-state index < -0.39 is 16.1 Å². The monoisotopic (exact) mass is 370 g/mol. The quantitative estimate of drug-likeness (QED) is 0.771. The molecule has 0 radical (unpaired) electrons. The van der Waals surface area contributed by atoms with Gasteiger partial charge in [0, 0.05) is 5.69 Å². The standard InChI is InChI=1S/C17H14N4O4S/c18-9-12-3-7-15(8-4-12)26(24,25)20-14-5-1-13(2-6-14)11-21-16(22)10-19-17(21)23/h1-8,20H,10-11H2,(H,19,23). The second-order valence-electron chi connectivity index (χ2n) is 5.58. The molecule has 26 heavy (non-hydrogen) atoms. The third kappa shape index (κ3) is 3.65. The summed E-state index contributed by atoms with van der Waals surface area (Å²) >= 11 is 0. The van der Waals surface area contributed by atoms with Crippen LogP contribution in [0.4, 0.5) is 10.5 Å². The summed E-state index contributed by atoms with van der Waals surface area (Å²) in [4.78, 5) is 24.2. The van der Waals surface area contributed by atoms with Crippen molar-refractivity contribution in [1.82, 2.24) is 10.2 Å². The fraction of sp³-hybridized carbons (Fsp3) is 0.118. The molecule has 2 aromatic carbocycles. The van der Waals surface area contributed by atoms with E-state index in [-0.39, 0.29) is 23.9 Å². The minimum absolute atomic E-state index is 0.0126. The lowest BCUT2D eigenvalue weighted by Gasteiger charge is -2.13. The minimum atomic E-state index is -3.78. The van der Waals surface area contributed by atoms with Crippen molar-refractivity contribution in [2.24, 2.45) is 0 Å². The van der Waals surface area contributed by atoms with E-state index in [0.717, 1.165) is 4.90 Å². The van der Waals surface area contributed by atoms with Gasteiger partial charge in [0.25, 0.3) is 10.0 Å². The Kier molecular flexibility index (Phi) is 4.60. The van der Waals surface area contributed by atoms with Gasteiger partial charge in [0.2, 0.25) is 5.91 Å². The van der Waals surface area contributed by atoms with Gasteiger partial charge < -0.3 is 5.32 Å². The van der Waals surface area contributed by atoms with Gasteiger partial charge in [-0.25, -0.2) is 13.2 Å². The molecule has 9 heteroatoms. The average Bonchev–Trinajstić information content (AvgIpc) is 2.95. The summed E-state index contributed by atoms with van der Waals surface area (Å²) in [6, 6.07) is 13.4. The van der Waals surface area contributed by atoms with Crippen molar-refractivity contribution >= 4 is 27.6 Å². The Labute approximate surface area is 150 Å². The van der Waals surface area contributed by atoms with Crippen LogP contribution in [0.15, 0.2) is 53.4 Å². The zero-order valence-electron chi connectivity index (χ0n) is 13.5. The molecule has 0 atom stereocenters. The number of hydrogen-bond acceptors (Lipinski definition) is 5. The largest absolute Gasteiger partial charge is 0.329 e. The van der Waals surface area contributed by atoms with Crippen molar-refractivity contribution < 1.29 is 18.0 Å². The van der Waals surface area contributed by atoms with Crippen LogP contribution in [0.5, 0.6) is 0 Å². The number of benzene rings is 2. The van der Waals surface area contributed by atoms with Crippen molar-refractivity contribution in [2.45, 2.75) is 11.4 Å². The normalized spacial score (nSPS) is 14.0. The van der Waals surface area contributed by atoms with Gasteiger partial charge in [-0.05, 0) is 42.0 Å². The average molecular weight is 370 g/mol. The maximum Gasteiger partial charge on any atom is 0.324 e. The molecule has 3 amide bonds. The van der Waals surface area contributed by atoms with E-state index in [9.17, 15) is 18.0 Å². The number of carbonyl (C=O) groups is 2. The van der Waals surface area contributed by atoms with Crippen LogP contribution in [0.3, 0.4) is 0 Å². The molecule has 0 aromatic heterocycles. The van der Waals surface area contributed by atoms with Crippen LogP contribution in [-0.2, 0) is 21.4 Å². The van der Waals surface area contributed by atoms with Crippen LogP contribution in [0, 0.1) is 11.3 Å². The van der Waals surface area contributed by atoms with Crippen molar-refractivity contribution in [3.63, 3.8) is 0 Å². The first-order valence-electron chi connectivity index (χ1n) is 7.59. The Morgan fingerprint density at radius 1 is 1.08 bits per heavy atom. The molecule has 1 aliphatic rings. The van der Waals surface area contributed by atoms with E-state index in [2.05, 4.69) is 10.0 Å². The highest BCUT2D eigenvalue weighted by Crippen LogP contribution is 2.18. The first kappa shape index (κ1) is 17.4. The highest BCUT2D eigenvalue weighted by molar-refractivity contribution is 7.92. The summed E-state index contributed by atoms with van der Waals surface area (Å²) in [6.45, 7) is 0.106. The predicted octanol–water partition coefficient (Wildman–Crippen LogP) is 1.41. The number of imide groups is 1. The molecule has 1 saturated heterocycles. The number of nitriles is 1. The van der Waals surface area contributed by atoms with Gasteiger partial charge in [-0.3, -0.25) is 14.4 Å². The third-order valence-electron chi connectivity index (χ3n) is 3.78. The van der Waals surface area contributed by atoms with E-state index in [1.165, 1.54) is 24.3 Å². The smallest absolute Gasteiger partial charge is 0.324 e. The molecule has 3 rings (SSSR count). The number of carbonyl (C=O) groups excluding carboxylic acids is 2. The lowest BCUT2D eigenvalue weighted by molar-refractivity contribution is -0.125. The number of rotatable bonds is 5. The Morgan fingerprint density at radius 2 is 1.73 bits per heavy atom. The lowest BCUT2D eigenvalue weighted by Crippen LogP contribution is -2.30. The zero-order chi connectivity index (χ0) is 18.7. The van der Waals surface area contributed by atoms with Crippen molar-refractivity contribution in [1.29, 1.82) is 5.26 Å². The molecule has 1 aliphatic heterocycles. The number of nitrogens with one attached hydrogen (secondary N) is 2. The van der Waals surface area contributed by atoms with E-state index in [0.29, 0.717) is 16.8 Å². The van der Waals surface area contributed by atoms with E-state index in [1.54, 1.807) is 24.3 Å². The molecule has 0 unspecified atom stereocenters. The molecule has 0 aliphatic carbocycles. The molecule has 0 spiro atoms. The fourth-order valence-corrected chi connectivity index (χ4v) is 3.46. The van der Waals surface area contributed by atoms with E-state index in [4.69, 9.17) is 5.26 Å². The Balaban J connectivity index is 1.71. The zero-order valence-corrected chi connectivity index (χ0v) is 14.3. The summed E-state index contributed by atoms with van der Waals surface area (Å²) in [5.74, 6) is -0.305. The fourth-order valence-electron chi connectivity index (χ4n) is 2.40. The summed E-state index contributed by atoms with van der Waals surface area (Å²) in [5, 5.41) is 11.2. The number of urea groups is 1. The van der Waals surface area contributed by atoms with Gasteiger partial charge in [-0.1, -0.05) is 12.1 Å². The number of anilines is 1. The SMILES string of the molecule is N#Cc1ccc(S(=O)(=O)Nc2ccc(CN3C(=O)CNC3=O)cc2)cc1.